The van der Waals surface area contributed by atoms with Crippen molar-refractivity contribution in [2.24, 2.45) is 5.14 Å². The van der Waals surface area contributed by atoms with Gasteiger partial charge < -0.3 is 10.1 Å². The summed E-state index contributed by atoms with van der Waals surface area (Å²) in [5.41, 5.74) is 1.09. The van der Waals surface area contributed by atoms with Crippen molar-refractivity contribution in [2.45, 2.75) is 11.4 Å². The topological polar surface area (TPSA) is 122 Å². The van der Waals surface area contributed by atoms with E-state index in [1.807, 2.05) is 6.07 Å². The number of rotatable bonds is 6. The van der Waals surface area contributed by atoms with E-state index in [2.05, 4.69) is 5.32 Å². The predicted molar refractivity (Wildman–Crippen MR) is 122 cm³/mol. The zero-order valence-corrected chi connectivity index (χ0v) is 19.2. The molecule has 0 heterocycles. The van der Waals surface area contributed by atoms with Crippen LogP contribution in [0.2, 0.25) is 15.1 Å². The highest BCUT2D eigenvalue weighted by Crippen LogP contribution is 2.32. The maximum Gasteiger partial charge on any atom is 0.253 e. The molecule has 0 radical (unpaired) electrons. The quantitative estimate of drug-likeness (QED) is 0.489. The molecule has 7 nitrogen and oxygen atoms in total. The average molecular weight is 511 g/mol. The fourth-order valence-electron chi connectivity index (χ4n) is 2.68. The Labute approximate surface area is 199 Å². The summed E-state index contributed by atoms with van der Waals surface area (Å²) in [6.07, 6.45) is 0. The molecule has 0 atom stereocenters. The lowest BCUT2D eigenvalue weighted by Crippen LogP contribution is -2.23. The smallest absolute Gasteiger partial charge is 0.253 e. The molecule has 0 aromatic heterocycles. The van der Waals surface area contributed by atoms with Gasteiger partial charge in [-0.3, -0.25) is 4.79 Å². The van der Waals surface area contributed by atoms with Gasteiger partial charge in [0.15, 0.2) is 0 Å². The van der Waals surface area contributed by atoms with Gasteiger partial charge in [0.25, 0.3) is 5.91 Å². The van der Waals surface area contributed by atoms with E-state index in [1.54, 1.807) is 24.3 Å². The number of amides is 1. The van der Waals surface area contributed by atoms with Crippen LogP contribution in [0.15, 0.2) is 59.5 Å². The fourth-order valence-corrected chi connectivity index (χ4v) is 3.94. The first kappa shape index (κ1) is 23.9. The van der Waals surface area contributed by atoms with Crippen LogP contribution in [0.4, 0.5) is 0 Å². The Kier molecular flexibility index (Phi) is 7.29. The Morgan fingerprint density at radius 2 is 1.78 bits per heavy atom. The van der Waals surface area contributed by atoms with Crippen molar-refractivity contribution >= 4 is 50.7 Å². The molecule has 0 saturated carbocycles. The van der Waals surface area contributed by atoms with E-state index in [0.717, 1.165) is 6.07 Å². The second kappa shape index (κ2) is 9.77. The largest absolute Gasteiger partial charge is 0.456 e. The number of nitriles is 1. The number of benzene rings is 3. The Balaban J connectivity index is 1.75. The summed E-state index contributed by atoms with van der Waals surface area (Å²) in [4.78, 5) is 12.3. The lowest BCUT2D eigenvalue weighted by Gasteiger charge is -2.12. The first-order valence-corrected chi connectivity index (χ1v) is 11.5. The molecule has 32 heavy (non-hydrogen) atoms. The van der Waals surface area contributed by atoms with E-state index in [4.69, 9.17) is 49.9 Å². The number of hydrogen-bond donors (Lipinski definition) is 2. The lowest BCUT2D eigenvalue weighted by molar-refractivity contribution is 0.0951. The van der Waals surface area contributed by atoms with Crippen molar-refractivity contribution in [1.29, 1.82) is 5.26 Å². The minimum absolute atomic E-state index is 0.0524. The lowest BCUT2D eigenvalue weighted by atomic mass is 10.2. The van der Waals surface area contributed by atoms with Crippen LogP contribution in [0.25, 0.3) is 0 Å². The molecule has 164 valence electrons. The zero-order valence-electron chi connectivity index (χ0n) is 16.1. The van der Waals surface area contributed by atoms with Crippen LogP contribution >= 0.6 is 34.8 Å². The van der Waals surface area contributed by atoms with Gasteiger partial charge in [-0.25, -0.2) is 13.6 Å². The van der Waals surface area contributed by atoms with Crippen LogP contribution in [0.3, 0.4) is 0 Å². The monoisotopic (exact) mass is 509 g/mol. The van der Waals surface area contributed by atoms with Gasteiger partial charge in [-0.15, -0.1) is 0 Å². The standard InChI is InChI=1S/C21H14Cl3N3O4S/c22-14-5-13(10-25)6-15(8-14)31-20-7-12(1-4-18(20)23)11-27-21(28)17-3-2-16(9-19(17)24)32(26,29)30/h1-9H,11H2,(H,27,28)(H2,26,29,30). The molecular formula is C21H14Cl3N3O4S. The predicted octanol–water partition coefficient (Wildman–Crippen LogP) is 4.89. The van der Waals surface area contributed by atoms with Crippen LogP contribution in [0.5, 0.6) is 11.5 Å². The highest BCUT2D eigenvalue weighted by atomic mass is 35.5. The van der Waals surface area contributed by atoms with Crippen LogP contribution in [-0.2, 0) is 16.6 Å². The number of carbonyl (C=O) groups excluding carboxylic acids is 1. The molecular weight excluding hydrogens is 497 g/mol. The zero-order chi connectivity index (χ0) is 23.5. The second-order valence-corrected chi connectivity index (χ2v) is 9.34. The summed E-state index contributed by atoms with van der Waals surface area (Å²) < 4.78 is 28.5. The van der Waals surface area contributed by atoms with Crippen molar-refractivity contribution in [3.63, 3.8) is 0 Å². The van der Waals surface area contributed by atoms with Gasteiger partial charge in [0.05, 0.1) is 32.1 Å². The molecule has 11 heteroatoms. The normalized spacial score (nSPS) is 11.0. The Morgan fingerprint density at radius 1 is 1.03 bits per heavy atom. The minimum Gasteiger partial charge on any atom is -0.456 e. The Hall–Kier alpha value is -2.80. The summed E-state index contributed by atoms with van der Waals surface area (Å²) >= 11 is 18.2. The molecule has 3 aromatic rings. The van der Waals surface area contributed by atoms with Gasteiger partial charge in [0.1, 0.15) is 11.5 Å². The highest BCUT2D eigenvalue weighted by Gasteiger charge is 2.15. The molecule has 3 N–H and O–H groups in total. The Morgan fingerprint density at radius 3 is 2.44 bits per heavy atom. The summed E-state index contributed by atoms with van der Waals surface area (Å²) in [5.74, 6) is 0.126. The third-order valence-electron chi connectivity index (χ3n) is 4.19. The van der Waals surface area contributed by atoms with Gasteiger partial charge in [-0.05, 0) is 54.1 Å². The molecule has 0 bridgehead atoms. The van der Waals surface area contributed by atoms with E-state index in [-0.39, 0.29) is 22.0 Å². The fraction of sp³-hybridized carbons (Fsp3) is 0.0476. The molecule has 3 aromatic carbocycles. The van der Waals surface area contributed by atoms with E-state index in [1.165, 1.54) is 24.3 Å². The van der Waals surface area contributed by atoms with E-state index in [0.29, 0.717) is 32.7 Å². The molecule has 0 saturated heterocycles. The maximum absolute atomic E-state index is 12.5. The first-order chi connectivity index (χ1) is 15.1. The number of nitrogens with one attached hydrogen (secondary N) is 1. The summed E-state index contributed by atoms with van der Waals surface area (Å²) in [6.45, 7) is 0.110. The summed E-state index contributed by atoms with van der Waals surface area (Å²) in [7, 11) is -3.93. The van der Waals surface area contributed by atoms with Crippen molar-refractivity contribution in [3.05, 3.63) is 86.4 Å². The Bertz CT molecular complexity index is 1350. The minimum atomic E-state index is -3.93. The maximum atomic E-state index is 12.5. The van der Waals surface area contributed by atoms with Crippen LogP contribution in [0.1, 0.15) is 21.5 Å². The molecule has 3 rings (SSSR count). The van der Waals surface area contributed by atoms with Gasteiger partial charge in [-0.2, -0.15) is 5.26 Å². The van der Waals surface area contributed by atoms with Crippen LogP contribution in [-0.4, -0.2) is 14.3 Å². The van der Waals surface area contributed by atoms with Gasteiger partial charge in [0.2, 0.25) is 10.0 Å². The van der Waals surface area contributed by atoms with Crippen molar-refractivity contribution < 1.29 is 17.9 Å². The van der Waals surface area contributed by atoms with Crippen molar-refractivity contribution in [3.8, 4) is 17.6 Å². The molecule has 1 amide bonds. The highest BCUT2D eigenvalue weighted by molar-refractivity contribution is 7.89. The third kappa shape index (κ3) is 5.91. The first-order valence-electron chi connectivity index (χ1n) is 8.84. The number of nitrogens with two attached hydrogens (primary N) is 1. The number of ether oxygens (including phenoxy) is 1. The number of hydrogen-bond acceptors (Lipinski definition) is 5. The van der Waals surface area contributed by atoms with Crippen molar-refractivity contribution in [1.82, 2.24) is 5.32 Å². The third-order valence-corrected chi connectivity index (χ3v) is 5.94. The van der Waals surface area contributed by atoms with E-state index >= 15 is 0 Å². The van der Waals surface area contributed by atoms with Gasteiger partial charge >= 0.3 is 0 Å². The van der Waals surface area contributed by atoms with Crippen LogP contribution in [0, 0.1) is 11.3 Å². The molecule has 0 aliphatic heterocycles. The number of halogens is 3. The van der Waals surface area contributed by atoms with E-state index < -0.39 is 15.9 Å². The molecule has 0 unspecified atom stereocenters. The summed E-state index contributed by atoms with van der Waals surface area (Å²) in [6, 6.07) is 15.1. The summed E-state index contributed by atoms with van der Waals surface area (Å²) in [5, 5.41) is 17.4. The SMILES string of the molecule is N#Cc1cc(Cl)cc(Oc2cc(CNC(=O)c3ccc(S(N)(=O)=O)cc3Cl)ccc2Cl)c1. The second-order valence-electron chi connectivity index (χ2n) is 6.52. The molecule has 0 spiro atoms. The molecule has 0 aliphatic carbocycles. The number of nitrogens with zero attached hydrogens (tertiary/aromatic N) is 1. The average Bonchev–Trinajstić information content (AvgIpc) is 2.72. The molecule has 0 aliphatic rings. The van der Waals surface area contributed by atoms with Gasteiger partial charge in [-0.1, -0.05) is 40.9 Å². The molecule has 0 fully saturated rings. The number of carbonyl (C=O) groups is 1. The number of primary sulfonamides is 1. The van der Waals surface area contributed by atoms with E-state index in [9.17, 15) is 13.2 Å². The number of sulfonamides is 1. The van der Waals surface area contributed by atoms with Crippen molar-refractivity contribution in [2.75, 3.05) is 0 Å². The van der Waals surface area contributed by atoms with Crippen LogP contribution < -0.4 is 15.2 Å². The van der Waals surface area contributed by atoms with Gasteiger partial charge in [0, 0.05) is 11.6 Å².